The van der Waals surface area contributed by atoms with Crippen molar-refractivity contribution in [2.45, 2.75) is 0 Å². The molecule has 0 amide bonds. The number of nitrogens with zero attached hydrogens (tertiary/aromatic N) is 4. The molecule has 0 spiro atoms. The Morgan fingerprint density at radius 1 is 0.176 bits per heavy atom. The van der Waals surface area contributed by atoms with Crippen molar-refractivity contribution in [3.63, 3.8) is 0 Å². The van der Waals surface area contributed by atoms with Crippen molar-refractivity contribution in [3.8, 4) is 33.9 Å². The number of aromatic nitrogens is 4. The number of rotatable bonds is 5. The van der Waals surface area contributed by atoms with Gasteiger partial charge in [0.05, 0.1) is 44.1 Å². The van der Waals surface area contributed by atoms with Crippen LogP contribution in [0.5, 0.6) is 0 Å². The Morgan fingerprint density at radius 3 is 0.926 bits per heavy atom. The van der Waals surface area contributed by atoms with Gasteiger partial charge in [0, 0.05) is 65.8 Å². The summed E-state index contributed by atoms with van der Waals surface area (Å²) in [5, 5.41) is 12.3. The van der Waals surface area contributed by atoms with Crippen molar-refractivity contribution in [2.75, 3.05) is 0 Å². The van der Waals surface area contributed by atoms with Gasteiger partial charge in [-0.3, -0.25) is 0 Å². The molecular weight excluding hydrogens is 825 g/mol. The SMILES string of the molecule is c1ccc(-n2c3ccccc3c3cc4c(cc32)c2ccccc2n4-c2cc(-c3ccc4ccccc4c3)cc(-n3c4ccccc4c4cc5c(cc43)c3ccccc3n5-c3ccccc3)c2)cc1. The molecule has 4 aromatic heterocycles. The van der Waals surface area contributed by atoms with Gasteiger partial charge in [0.25, 0.3) is 0 Å². The van der Waals surface area contributed by atoms with Gasteiger partial charge in [-0.15, -0.1) is 0 Å². The molecule has 4 heterocycles. The van der Waals surface area contributed by atoms with Gasteiger partial charge in [-0.1, -0.05) is 146 Å². The van der Waals surface area contributed by atoms with Gasteiger partial charge in [-0.25, -0.2) is 0 Å². The largest absolute Gasteiger partial charge is 0.309 e. The zero-order chi connectivity index (χ0) is 44.5. The molecule has 0 bridgehead atoms. The van der Waals surface area contributed by atoms with Gasteiger partial charge in [0.15, 0.2) is 0 Å². The molecule has 0 unspecified atom stereocenters. The van der Waals surface area contributed by atoms with Gasteiger partial charge in [0.2, 0.25) is 0 Å². The van der Waals surface area contributed by atoms with Gasteiger partial charge in [-0.2, -0.15) is 0 Å². The number of hydrogen-bond donors (Lipinski definition) is 0. The summed E-state index contributed by atoms with van der Waals surface area (Å²) in [5.74, 6) is 0. The number of para-hydroxylation sites is 6. The number of fused-ring (bicyclic) bond motifs is 13. The molecule has 0 fully saturated rings. The Hall–Kier alpha value is -9.12. The standard InChI is InChI=1S/C64H40N4/c1-3-19-45(20-4-1)65-57-27-13-9-23-49(57)53-39-63-55(37-61(53)65)51-25-11-15-29-59(51)67(63)47-34-44(43-32-31-41-17-7-8-18-42(41)33-43)35-48(36-47)68-60-30-16-12-26-52(60)56-38-62-54(40-64(56)68)50-24-10-14-28-58(50)66(62)46-21-5-2-6-22-46/h1-40H. The molecule has 0 N–H and O–H groups in total. The lowest BCUT2D eigenvalue weighted by Crippen LogP contribution is -2.00. The summed E-state index contributed by atoms with van der Waals surface area (Å²) in [6.45, 7) is 0. The zero-order valence-electron chi connectivity index (χ0n) is 36.9. The van der Waals surface area contributed by atoms with Crippen LogP contribution in [0.15, 0.2) is 243 Å². The predicted octanol–water partition coefficient (Wildman–Crippen LogP) is 16.9. The quantitative estimate of drug-likeness (QED) is 0.164. The smallest absolute Gasteiger partial charge is 0.0548 e. The Labute approximate surface area is 391 Å². The molecule has 0 saturated heterocycles. The molecule has 11 aromatic carbocycles. The van der Waals surface area contributed by atoms with Crippen molar-refractivity contribution in [1.29, 1.82) is 0 Å². The molecule has 0 radical (unpaired) electrons. The van der Waals surface area contributed by atoms with E-state index in [-0.39, 0.29) is 0 Å². The molecule has 0 saturated carbocycles. The Morgan fingerprint density at radius 2 is 0.515 bits per heavy atom. The van der Waals surface area contributed by atoms with Crippen LogP contribution in [-0.4, -0.2) is 18.3 Å². The Bertz CT molecular complexity index is 4290. The summed E-state index contributed by atoms with van der Waals surface area (Å²) in [6, 6.07) is 89.5. The van der Waals surface area contributed by atoms with Crippen LogP contribution in [0.3, 0.4) is 0 Å². The molecule has 68 heavy (non-hydrogen) atoms. The lowest BCUT2D eigenvalue weighted by atomic mass is 10.00. The van der Waals surface area contributed by atoms with E-state index in [4.69, 9.17) is 0 Å². The molecule has 15 rings (SSSR count). The van der Waals surface area contributed by atoms with Crippen molar-refractivity contribution in [3.05, 3.63) is 243 Å². The van der Waals surface area contributed by atoms with Crippen LogP contribution in [0.25, 0.3) is 132 Å². The molecule has 15 aromatic rings. The van der Waals surface area contributed by atoms with Crippen LogP contribution in [0.2, 0.25) is 0 Å². The molecule has 0 aliphatic rings. The third-order valence-corrected chi connectivity index (χ3v) is 14.5. The molecule has 316 valence electrons. The fraction of sp³-hybridized carbons (Fsp3) is 0. The molecule has 4 heteroatoms. The maximum Gasteiger partial charge on any atom is 0.0548 e. The first-order valence-electron chi connectivity index (χ1n) is 23.4. The van der Waals surface area contributed by atoms with Gasteiger partial charge in [-0.05, 0) is 119 Å². The van der Waals surface area contributed by atoms with Gasteiger partial charge >= 0.3 is 0 Å². The first-order chi connectivity index (χ1) is 33.7. The summed E-state index contributed by atoms with van der Waals surface area (Å²) in [5.41, 5.74) is 16.3. The topological polar surface area (TPSA) is 19.7 Å². The predicted molar refractivity (Wildman–Crippen MR) is 287 cm³/mol. The highest BCUT2D eigenvalue weighted by molar-refractivity contribution is 6.21. The molecule has 0 aliphatic carbocycles. The van der Waals surface area contributed by atoms with Crippen LogP contribution >= 0.6 is 0 Å². The second-order valence-electron chi connectivity index (χ2n) is 18.2. The van der Waals surface area contributed by atoms with Crippen molar-refractivity contribution >= 4 is 98.0 Å². The molecular formula is C64H40N4. The van der Waals surface area contributed by atoms with E-state index in [1.54, 1.807) is 0 Å². The van der Waals surface area contributed by atoms with E-state index in [2.05, 4.69) is 261 Å². The molecule has 4 nitrogen and oxygen atoms in total. The monoisotopic (exact) mass is 864 g/mol. The second-order valence-corrected chi connectivity index (χ2v) is 18.2. The third kappa shape index (κ3) is 5.31. The highest BCUT2D eigenvalue weighted by Crippen LogP contribution is 2.43. The summed E-state index contributed by atoms with van der Waals surface area (Å²) >= 11 is 0. The average molecular weight is 865 g/mol. The molecule has 0 atom stereocenters. The van der Waals surface area contributed by atoms with E-state index in [1.807, 2.05) is 0 Å². The average Bonchev–Trinajstić information content (AvgIpc) is 4.12. The van der Waals surface area contributed by atoms with Crippen molar-refractivity contribution < 1.29 is 0 Å². The summed E-state index contributed by atoms with van der Waals surface area (Å²) in [7, 11) is 0. The zero-order valence-corrected chi connectivity index (χ0v) is 36.9. The molecule has 0 aliphatic heterocycles. The second kappa shape index (κ2) is 14.2. The Kier molecular flexibility index (Phi) is 7.75. The minimum atomic E-state index is 1.11. The number of hydrogen-bond acceptors (Lipinski definition) is 0. The highest BCUT2D eigenvalue weighted by atomic mass is 15.0. The minimum Gasteiger partial charge on any atom is -0.309 e. The third-order valence-electron chi connectivity index (χ3n) is 14.5. The lowest BCUT2D eigenvalue weighted by Gasteiger charge is -2.16. The Balaban J connectivity index is 1.05. The minimum absolute atomic E-state index is 1.11. The first-order valence-corrected chi connectivity index (χ1v) is 23.4. The van der Waals surface area contributed by atoms with E-state index in [1.165, 1.54) is 104 Å². The van der Waals surface area contributed by atoms with Crippen LogP contribution in [0.1, 0.15) is 0 Å². The van der Waals surface area contributed by atoms with Crippen LogP contribution in [-0.2, 0) is 0 Å². The summed E-state index contributed by atoms with van der Waals surface area (Å²) in [4.78, 5) is 0. The van der Waals surface area contributed by atoms with Gasteiger partial charge in [0.1, 0.15) is 0 Å². The highest BCUT2D eigenvalue weighted by Gasteiger charge is 2.22. The normalized spacial score (nSPS) is 12.1. The maximum absolute atomic E-state index is 2.51. The van der Waals surface area contributed by atoms with E-state index in [0.717, 1.165) is 28.3 Å². The van der Waals surface area contributed by atoms with Crippen molar-refractivity contribution in [2.24, 2.45) is 0 Å². The van der Waals surface area contributed by atoms with E-state index in [0.29, 0.717) is 0 Å². The fourth-order valence-electron chi connectivity index (χ4n) is 11.5. The maximum atomic E-state index is 2.51. The fourth-order valence-corrected chi connectivity index (χ4v) is 11.5. The van der Waals surface area contributed by atoms with Gasteiger partial charge < -0.3 is 18.3 Å². The first kappa shape index (κ1) is 37.1. The van der Waals surface area contributed by atoms with E-state index in [9.17, 15) is 0 Å². The van der Waals surface area contributed by atoms with Crippen LogP contribution in [0, 0.1) is 0 Å². The van der Waals surface area contributed by atoms with E-state index < -0.39 is 0 Å². The van der Waals surface area contributed by atoms with E-state index >= 15 is 0 Å². The summed E-state index contributed by atoms with van der Waals surface area (Å²) in [6.07, 6.45) is 0. The van der Waals surface area contributed by atoms with Crippen LogP contribution in [0.4, 0.5) is 0 Å². The van der Waals surface area contributed by atoms with Crippen LogP contribution < -0.4 is 0 Å². The lowest BCUT2D eigenvalue weighted by molar-refractivity contribution is 1.13. The van der Waals surface area contributed by atoms with Crippen molar-refractivity contribution in [1.82, 2.24) is 18.3 Å². The number of benzene rings is 11. The summed E-state index contributed by atoms with van der Waals surface area (Å²) < 4.78 is 9.86.